The molecule has 4 heteroatoms. The van der Waals surface area contributed by atoms with Gasteiger partial charge in [0.15, 0.2) is 0 Å². The first-order valence-corrected chi connectivity index (χ1v) is 8.87. The number of unbranched alkanes of at least 4 members (excludes halogenated alkanes) is 1. The molecule has 0 amide bonds. The largest absolute Gasteiger partial charge is 0.550 e. The number of hydrogen-bond acceptors (Lipinski definition) is 3. The van der Waals surface area contributed by atoms with E-state index < -0.39 is 5.97 Å². The minimum Gasteiger partial charge on any atom is -0.550 e. The Kier molecular flexibility index (Phi) is 12.2. The summed E-state index contributed by atoms with van der Waals surface area (Å²) in [4.78, 5) is 10.6. The van der Waals surface area contributed by atoms with Gasteiger partial charge in [-0.2, -0.15) is 0 Å². The quantitative estimate of drug-likeness (QED) is 0.395. The summed E-state index contributed by atoms with van der Waals surface area (Å²) in [5, 5.41) is 21.0. The molecule has 4 nitrogen and oxygen atoms in total. The van der Waals surface area contributed by atoms with E-state index in [1.165, 1.54) is 0 Å². The molecule has 0 aromatic heterocycles. The number of allylic oxidation sites excluding steroid dienone is 1. The zero-order valence-electron chi connectivity index (χ0n) is 14.7. The lowest BCUT2D eigenvalue weighted by molar-refractivity contribution is -0.931. The van der Waals surface area contributed by atoms with Gasteiger partial charge in [-0.1, -0.05) is 39.3 Å². The van der Waals surface area contributed by atoms with Crippen molar-refractivity contribution in [2.24, 2.45) is 0 Å². The molecular weight excluding hydrogens is 278 g/mol. The first-order valence-electron chi connectivity index (χ1n) is 8.87. The molecule has 0 spiro atoms. The van der Waals surface area contributed by atoms with Crippen LogP contribution in [0.25, 0.3) is 0 Å². The van der Waals surface area contributed by atoms with E-state index in [1.807, 2.05) is 0 Å². The molecule has 0 bridgehead atoms. The molecule has 0 fully saturated rings. The van der Waals surface area contributed by atoms with Crippen LogP contribution in [0.5, 0.6) is 0 Å². The fourth-order valence-electron chi connectivity index (χ4n) is 3.18. The third-order valence-electron chi connectivity index (χ3n) is 4.04. The predicted molar refractivity (Wildman–Crippen MR) is 89.2 cm³/mol. The van der Waals surface area contributed by atoms with Crippen molar-refractivity contribution in [2.75, 3.05) is 26.2 Å². The highest BCUT2D eigenvalue weighted by Gasteiger charge is 2.28. The number of quaternary nitrogens is 1. The molecule has 22 heavy (non-hydrogen) atoms. The summed E-state index contributed by atoms with van der Waals surface area (Å²) < 4.78 is 0.822. The van der Waals surface area contributed by atoms with Crippen LogP contribution in [0.15, 0.2) is 12.2 Å². The van der Waals surface area contributed by atoms with Gasteiger partial charge in [0.1, 0.15) is 12.6 Å². The third-order valence-corrected chi connectivity index (χ3v) is 4.04. The number of aliphatic hydroxyl groups is 1. The van der Waals surface area contributed by atoms with Crippen molar-refractivity contribution >= 4 is 5.97 Å². The Labute approximate surface area is 136 Å². The average Bonchev–Trinajstić information content (AvgIpc) is 2.44. The second kappa shape index (κ2) is 12.7. The van der Waals surface area contributed by atoms with Crippen LogP contribution in [-0.4, -0.2) is 47.8 Å². The summed E-state index contributed by atoms with van der Waals surface area (Å²) >= 11 is 0. The third kappa shape index (κ3) is 9.96. The van der Waals surface area contributed by atoms with Crippen molar-refractivity contribution in [2.45, 2.75) is 71.8 Å². The van der Waals surface area contributed by atoms with Gasteiger partial charge in [-0.15, -0.1) is 0 Å². The Morgan fingerprint density at radius 1 is 1.09 bits per heavy atom. The summed E-state index contributed by atoms with van der Waals surface area (Å²) in [6, 6.07) is 0. The molecule has 130 valence electrons. The van der Waals surface area contributed by atoms with E-state index in [0.29, 0.717) is 19.4 Å². The molecule has 0 aliphatic rings. The Hall–Kier alpha value is -0.870. The normalized spacial score (nSPS) is 13.6. The number of hydrogen-bond donors (Lipinski definition) is 1. The lowest BCUT2D eigenvalue weighted by Gasteiger charge is -2.40. The van der Waals surface area contributed by atoms with E-state index in [0.717, 1.165) is 49.8 Å². The van der Waals surface area contributed by atoms with E-state index in [9.17, 15) is 15.0 Å². The molecule has 0 aliphatic heterocycles. The van der Waals surface area contributed by atoms with Crippen molar-refractivity contribution in [1.82, 2.24) is 0 Å². The Bertz CT molecular complexity index is 309. The molecule has 1 atom stereocenters. The molecule has 0 aromatic carbocycles. The summed E-state index contributed by atoms with van der Waals surface area (Å²) in [7, 11) is 0. The van der Waals surface area contributed by atoms with Crippen LogP contribution >= 0.6 is 0 Å². The van der Waals surface area contributed by atoms with Gasteiger partial charge in [0.05, 0.1) is 19.6 Å². The standard InChI is InChI=1S/C18H35NO3/c1-4-7-8-9-11-17(20)16-19(13-5-2,14-6-3)15-10-12-18(21)22/h8-9,17,20H,4-7,10-16H2,1-3H3/b9-8+. The van der Waals surface area contributed by atoms with Crippen LogP contribution in [0.3, 0.4) is 0 Å². The molecule has 0 aliphatic carbocycles. The van der Waals surface area contributed by atoms with Gasteiger partial charge in [-0.25, -0.2) is 0 Å². The molecular formula is C18H35NO3. The number of rotatable bonds is 14. The topological polar surface area (TPSA) is 60.4 Å². The predicted octanol–water partition coefficient (Wildman–Crippen LogP) is 2.26. The minimum absolute atomic E-state index is 0.111. The smallest absolute Gasteiger partial charge is 0.106 e. The summed E-state index contributed by atoms with van der Waals surface area (Å²) in [6.07, 6.45) is 9.55. The number of carbonyl (C=O) groups excluding carboxylic acids is 1. The van der Waals surface area contributed by atoms with Gasteiger partial charge < -0.3 is 19.5 Å². The van der Waals surface area contributed by atoms with Gasteiger partial charge in [-0.3, -0.25) is 0 Å². The molecule has 0 aromatic rings. The molecule has 1 unspecified atom stereocenters. The summed E-state index contributed by atoms with van der Waals surface area (Å²) in [6.45, 7) is 9.95. The second-order valence-electron chi connectivity index (χ2n) is 6.32. The SMILES string of the molecule is CCC/C=C/CC(O)C[N+](CCC)(CCC)CCCC(=O)[O-]. The highest BCUT2D eigenvalue weighted by Crippen LogP contribution is 2.15. The lowest BCUT2D eigenvalue weighted by Crippen LogP contribution is -2.54. The zero-order chi connectivity index (χ0) is 16.8. The van der Waals surface area contributed by atoms with E-state index >= 15 is 0 Å². The Morgan fingerprint density at radius 3 is 2.23 bits per heavy atom. The van der Waals surface area contributed by atoms with Crippen LogP contribution in [0.2, 0.25) is 0 Å². The maximum Gasteiger partial charge on any atom is 0.106 e. The number of carboxylic acids is 1. The summed E-state index contributed by atoms with van der Waals surface area (Å²) in [5.74, 6) is -0.978. The van der Waals surface area contributed by atoms with Crippen molar-refractivity contribution in [3.63, 3.8) is 0 Å². The minimum atomic E-state index is -0.978. The average molecular weight is 313 g/mol. The molecule has 0 heterocycles. The molecule has 0 rings (SSSR count). The van der Waals surface area contributed by atoms with E-state index in [2.05, 4.69) is 32.9 Å². The number of carboxylic acid groups (broad SMARTS) is 1. The van der Waals surface area contributed by atoms with E-state index in [-0.39, 0.29) is 12.5 Å². The van der Waals surface area contributed by atoms with Crippen LogP contribution in [0, 0.1) is 0 Å². The highest BCUT2D eigenvalue weighted by atomic mass is 16.4. The van der Waals surface area contributed by atoms with Crippen LogP contribution in [0.1, 0.15) is 65.7 Å². The molecule has 0 saturated heterocycles. The van der Waals surface area contributed by atoms with Crippen molar-refractivity contribution < 1.29 is 19.5 Å². The van der Waals surface area contributed by atoms with Gasteiger partial charge >= 0.3 is 0 Å². The fraction of sp³-hybridized carbons (Fsp3) is 0.833. The molecule has 0 radical (unpaired) electrons. The monoisotopic (exact) mass is 313 g/mol. The van der Waals surface area contributed by atoms with Gasteiger partial charge in [0.2, 0.25) is 0 Å². The second-order valence-corrected chi connectivity index (χ2v) is 6.32. The molecule has 1 N–H and O–H groups in total. The first-order chi connectivity index (χ1) is 10.5. The number of carbonyl (C=O) groups is 1. The molecule has 0 saturated carbocycles. The van der Waals surface area contributed by atoms with E-state index in [4.69, 9.17) is 0 Å². The Morgan fingerprint density at radius 2 is 1.73 bits per heavy atom. The van der Waals surface area contributed by atoms with Gasteiger partial charge in [0.25, 0.3) is 0 Å². The number of nitrogens with zero attached hydrogens (tertiary/aromatic N) is 1. The highest BCUT2D eigenvalue weighted by molar-refractivity contribution is 5.64. The van der Waals surface area contributed by atoms with Crippen molar-refractivity contribution in [3.8, 4) is 0 Å². The van der Waals surface area contributed by atoms with Crippen LogP contribution < -0.4 is 5.11 Å². The lowest BCUT2D eigenvalue weighted by atomic mass is 10.1. The number of aliphatic carboxylic acids is 1. The fourth-order valence-corrected chi connectivity index (χ4v) is 3.18. The van der Waals surface area contributed by atoms with Crippen LogP contribution in [-0.2, 0) is 4.79 Å². The van der Waals surface area contributed by atoms with E-state index in [1.54, 1.807) is 0 Å². The maximum atomic E-state index is 10.6. The maximum absolute atomic E-state index is 10.6. The zero-order valence-corrected chi connectivity index (χ0v) is 14.7. The van der Waals surface area contributed by atoms with Crippen LogP contribution in [0.4, 0.5) is 0 Å². The first kappa shape index (κ1) is 21.1. The summed E-state index contributed by atoms with van der Waals surface area (Å²) in [5.41, 5.74) is 0. The number of aliphatic hydroxyl groups excluding tert-OH is 1. The van der Waals surface area contributed by atoms with Gasteiger partial charge in [-0.05, 0) is 32.1 Å². The van der Waals surface area contributed by atoms with Crippen molar-refractivity contribution in [1.29, 1.82) is 0 Å². The van der Waals surface area contributed by atoms with Gasteiger partial charge in [0, 0.05) is 12.4 Å². The van der Waals surface area contributed by atoms with Crippen molar-refractivity contribution in [3.05, 3.63) is 12.2 Å². The Balaban J connectivity index is 4.62.